The van der Waals surface area contributed by atoms with Gasteiger partial charge in [0.1, 0.15) is 11.6 Å². The molecular formula is C21H19FN2O2. The Morgan fingerprint density at radius 2 is 1.85 bits per heavy atom. The molecule has 0 bridgehead atoms. The van der Waals surface area contributed by atoms with Gasteiger partial charge < -0.3 is 10.1 Å². The van der Waals surface area contributed by atoms with E-state index >= 15 is 0 Å². The van der Waals surface area contributed by atoms with Crippen molar-refractivity contribution in [1.29, 1.82) is 0 Å². The normalized spacial score (nSPS) is 10.4. The first-order valence-electron chi connectivity index (χ1n) is 8.28. The number of anilines is 1. The zero-order valence-corrected chi connectivity index (χ0v) is 14.4. The van der Waals surface area contributed by atoms with Crippen molar-refractivity contribution in [2.75, 3.05) is 12.4 Å². The molecule has 5 heteroatoms. The maximum atomic E-state index is 13.9. The number of methoxy groups -OCH3 is 1. The van der Waals surface area contributed by atoms with Crippen LogP contribution in [0.2, 0.25) is 0 Å². The van der Waals surface area contributed by atoms with E-state index in [0.29, 0.717) is 17.7 Å². The molecule has 0 unspecified atom stereocenters. The fourth-order valence-electron chi connectivity index (χ4n) is 2.65. The molecule has 2 aromatic carbocycles. The Morgan fingerprint density at radius 1 is 1.08 bits per heavy atom. The molecule has 1 N–H and O–H groups in total. The maximum Gasteiger partial charge on any atom is 0.255 e. The van der Waals surface area contributed by atoms with Gasteiger partial charge in [0.15, 0.2) is 0 Å². The molecule has 0 fully saturated rings. The van der Waals surface area contributed by atoms with Crippen LogP contribution in [-0.2, 0) is 12.8 Å². The van der Waals surface area contributed by atoms with Crippen molar-refractivity contribution in [1.82, 2.24) is 4.98 Å². The molecule has 1 amide bonds. The van der Waals surface area contributed by atoms with E-state index in [-0.39, 0.29) is 5.91 Å². The molecule has 3 aromatic rings. The molecule has 1 heterocycles. The van der Waals surface area contributed by atoms with Crippen molar-refractivity contribution in [3.05, 3.63) is 89.5 Å². The van der Waals surface area contributed by atoms with Crippen LogP contribution >= 0.6 is 0 Å². The van der Waals surface area contributed by atoms with Crippen LogP contribution in [0.1, 0.15) is 21.5 Å². The fourth-order valence-corrected chi connectivity index (χ4v) is 2.65. The number of carbonyl (C=O) groups is 1. The van der Waals surface area contributed by atoms with Crippen LogP contribution in [0.4, 0.5) is 10.1 Å². The summed E-state index contributed by atoms with van der Waals surface area (Å²) < 4.78 is 19.1. The molecule has 4 nitrogen and oxygen atoms in total. The van der Waals surface area contributed by atoms with Crippen LogP contribution in [0, 0.1) is 5.82 Å². The van der Waals surface area contributed by atoms with E-state index in [1.807, 2.05) is 24.3 Å². The van der Waals surface area contributed by atoms with Gasteiger partial charge in [0, 0.05) is 11.8 Å². The number of benzene rings is 2. The van der Waals surface area contributed by atoms with Crippen LogP contribution in [0.25, 0.3) is 0 Å². The minimum Gasteiger partial charge on any atom is -0.497 e. The van der Waals surface area contributed by atoms with Crippen LogP contribution in [0.3, 0.4) is 0 Å². The molecular weight excluding hydrogens is 331 g/mol. The van der Waals surface area contributed by atoms with Gasteiger partial charge in [0.05, 0.1) is 19.0 Å². The van der Waals surface area contributed by atoms with Gasteiger partial charge in [-0.05, 0) is 66.4 Å². The number of aryl methyl sites for hydroxylation is 2. The summed E-state index contributed by atoms with van der Waals surface area (Å²) in [6, 6.07) is 15.6. The Kier molecular flexibility index (Phi) is 5.59. The lowest BCUT2D eigenvalue weighted by molar-refractivity contribution is 0.102. The van der Waals surface area contributed by atoms with Crippen molar-refractivity contribution < 1.29 is 13.9 Å². The molecule has 3 rings (SSSR count). The number of ether oxygens (including phenoxy) is 1. The standard InChI is InChI=1S/C21H19FN2O2/c1-26-20-8-6-15(7-9-20)4-5-16-11-17(13-18(22)12-16)21(25)24-19-3-2-10-23-14-19/h2-3,6-14H,4-5H2,1H3,(H,24,25). The zero-order chi connectivity index (χ0) is 18.4. The minimum absolute atomic E-state index is 0.290. The molecule has 0 aliphatic carbocycles. The Hall–Kier alpha value is -3.21. The number of pyridine rings is 1. The summed E-state index contributed by atoms with van der Waals surface area (Å²) in [6.45, 7) is 0. The number of carbonyl (C=O) groups excluding carboxylic acids is 1. The maximum absolute atomic E-state index is 13.9. The lowest BCUT2D eigenvalue weighted by Crippen LogP contribution is -2.13. The fraction of sp³-hybridized carbons (Fsp3) is 0.143. The molecule has 0 aliphatic heterocycles. The molecule has 0 saturated carbocycles. The second kappa shape index (κ2) is 8.25. The number of amides is 1. The predicted octanol–water partition coefficient (Wildman–Crippen LogP) is 4.27. The summed E-state index contributed by atoms with van der Waals surface area (Å²) >= 11 is 0. The molecule has 0 radical (unpaired) electrons. The van der Waals surface area contributed by atoms with E-state index in [4.69, 9.17) is 4.74 Å². The van der Waals surface area contributed by atoms with Crippen LogP contribution in [-0.4, -0.2) is 18.0 Å². The molecule has 0 saturated heterocycles. The average Bonchev–Trinajstić information content (AvgIpc) is 2.67. The summed E-state index contributed by atoms with van der Waals surface area (Å²) in [5, 5.41) is 2.72. The number of nitrogens with zero attached hydrogens (tertiary/aromatic N) is 1. The quantitative estimate of drug-likeness (QED) is 0.722. The Morgan fingerprint density at radius 3 is 2.54 bits per heavy atom. The number of nitrogens with one attached hydrogen (secondary N) is 1. The molecule has 26 heavy (non-hydrogen) atoms. The van der Waals surface area contributed by atoms with E-state index in [1.165, 1.54) is 12.1 Å². The molecule has 0 spiro atoms. The third kappa shape index (κ3) is 4.66. The number of hydrogen-bond acceptors (Lipinski definition) is 3. The van der Waals surface area contributed by atoms with Gasteiger partial charge in [-0.1, -0.05) is 12.1 Å². The molecule has 0 aliphatic rings. The van der Waals surface area contributed by atoms with Gasteiger partial charge in [-0.2, -0.15) is 0 Å². The number of hydrogen-bond donors (Lipinski definition) is 1. The van der Waals surface area contributed by atoms with Crippen molar-refractivity contribution in [2.24, 2.45) is 0 Å². The first-order chi connectivity index (χ1) is 12.6. The second-order valence-corrected chi connectivity index (χ2v) is 5.89. The van der Waals surface area contributed by atoms with Crippen LogP contribution in [0.15, 0.2) is 67.0 Å². The van der Waals surface area contributed by atoms with Crippen molar-refractivity contribution in [3.63, 3.8) is 0 Å². The van der Waals surface area contributed by atoms with Gasteiger partial charge in [-0.25, -0.2) is 4.39 Å². The summed E-state index contributed by atoms with van der Waals surface area (Å²) in [5.74, 6) is 0.0191. The highest BCUT2D eigenvalue weighted by atomic mass is 19.1. The monoisotopic (exact) mass is 350 g/mol. The zero-order valence-electron chi connectivity index (χ0n) is 14.4. The molecule has 1 aromatic heterocycles. The van der Waals surface area contributed by atoms with Crippen LogP contribution < -0.4 is 10.1 Å². The van der Waals surface area contributed by atoms with E-state index in [1.54, 1.807) is 37.7 Å². The van der Waals surface area contributed by atoms with Gasteiger partial charge in [0.2, 0.25) is 0 Å². The lowest BCUT2D eigenvalue weighted by Gasteiger charge is -2.08. The van der Waals surface area contributed by atoms with E-state index < -0.39 is 5.82 Å². The van der Waals surface area contributed by atoms with E-state index in [2.05, 4.69) is 10.3 Å². The highest BCUT2D eigenvalue weighted by Gasteiger charge is 2.10. The van der Waals surface area contributed by atoms with Gasteiger partial charge in [-0.15, -0.1) is 0 Å². The third-order valence-electron chi connectivity index (χ3n) is 4.00. The van der Waals surface area contributed by atoms with Crippen molar-refractivity contribution in [2.45, 2.75) is 12.8 Å². The smallest absolute Gasteiger partial charge is 0.255 e. The first kappa shape index (κ1) is 17.6. The first-order valence-corrected chi connectivity index (χ1v) is 8.28. The predicted molar refractivity (Wildman–Crippen MR) is 99.0 cm³/mol. The Labute approximate surface area is 151 Å². The number of aromatic nitrogens is 1. The topological polar surface area (TPSA) is 51.2 Å². The Balaban J connectivity index is 1.69. The average molecular weight is 350 g/mol. The van der Waals surface area contributed by atoms with E-state index in [9.17, 15) is 9.18 Å². The van der Waals surface area contributed by atoms with Crippen LogP contribution in [0.5, 0.6) is 5.75 Å². The summed E-state index contributed by atoms with van der Waals surface area (Å²) in [6.07, 6.45) is 4.55. The highest BCUT2D eigenvalue weighted by molar-refractivity contribution is 6.04. The number of rotatable bonds is 6. The summed E-state index contributed by atoms with van der Waals surface area (Å²) in [4.78, 5) is 16.3. The summed E-state index contributed by atoms with van der Waals surface area (Å²) in [5.41, 5.74) is 2.76. The molecule has 132 valence electrons. The third-order valence-corrected chi connectivity index (χ3v) is 4.00. The summed E-state index contributed by atoms with van der Waals surface area (Å²) in [7, 11) is 1.62. The largest absolute Gasteiger partial charge is 0.497 e. The number of halogens is 1. The Bertz CT molecular complexity index is 880. The second-order valence-electron chi connectivity index (χ2n) is 5.89. The van der Waals surface area contributed by atoms with Crippen molar-refractivity contribution >= 4 is 11.6 Å². The minimum atomic E-state index is -0.423. The lowest BCUT2D eigenvalue weighted by atomic mass is 10.0. The molecule has 0 atom stereocenters. The van der Waals surface area contributed by atoms with Crippen molar-refractivity contribution in [3.8, 4) is 5.75 Å². The van der Waals surface area contributed by atoms with Gasteiger partial charge >= 0.3 is 0 Å². The van der Waals surface area contributed by atoms with Gasteiger partial charge in [0.25, 0.3) is 5.91 Å². The highest BCUT2D eigenvalue weighted by Crippen LogP contribution is 2.16. The van der Waals surface area contributed by atoms with Gasteiger partial charge in [-0.3, -0.25) is 9.78 Å². The van der Waals surface area contributed by atoms with E-state index in [0.717, 1.165) is 23.3 Å². The SMILES string of the molecule is COc1ccc(CCc2cc(F)cc(C(=O)Nc3cccnc3)c2)cc1.